The van der Waals surface area contributed by atoms with Gasteiger partial charge < -0.3 is 4.74 Å². The second-order valence-electron chi connectivity index (χ2n) is 2.51. The van der Waals surface area contributed by atoms with Crippen LogP contribution in [0.5, 0.6) is 0 Å². The molecule has 5 heteroatoms. The molecule has 0 heterocycles. The fraction of sp³-hybridized carbons (Fsp3) is 0.111. The third kappa shape index (κ3) is 2.87. The number of ether oxygens (including phenoxy) is 1. The van der Waals surface area contributed by atoms with Crippen molar-refractivity contribution in [2.45, 2.75) is 0 Å². The van der Waals surface area contributed by atoms with Gasteiger partial charge in [-0.15, -0.1) is 0 Å². The fourth-order valence-corrected chi connectivity index (χ4v) is 0.830. The number of amides is 1. The molecular weight excluding hydrogens is 184 g/mol. The molecule has 0 aliphatic carbocycles. The predicted octanol–water partition coefficient (Wildman–Crippen LogP) is -0.167. The molecule has 0 bridgehead atoms. The van der Waals surface area contributed by atoms with Crippen LogP contribution in [0.1, 0.15) is 10.4 Å². The Labute approximate surface area is 80.8 Å². The molecule has 0 aliphatic heterocycles. The summed E-state index contributed by atoms with van der Waals surface area (Å²) in [5.41, 5.74) is 2.26. The Morgan fingerprint density at radius 2 is 1.93 bits per heavy atom. The molecule has 14 heavy (non-hydrogen) atoms. The lowest BCUT2D eigenvalue weighted by Gasteiger charge is -2.02. The van der Waals surface area contributed by atoms with Gasteiger partial charge >= 0.3 is 5.97 Å². The Balaban J connectivity index is 2.48. The van der Waals surface area contributed by atoms with Gasteiger partial charge in [-0.25, -0.2) is 10.6 Å². The van der Waals surface area contributed by atoms with Crippen LogP contribution in [0.2, 0.25) is 0 Å². The Kier molecular flexibility index (Phi) is 3.63. The molecule has 0 fully saturated rings. The molecule has 5 nitrogen and oxygen atoms in total. The maximum atomic E-state index is 11.2. The zero-order chi connectivity index (χ0) is 10.4. The summed E-state index contributed by atoms with van der Waals surface area (Å²) in [6.45, 7) is -0.371. The normalized spacial score (nSPS) is 9.21. The quantitative estimate of drug-likeness (QED) is 0.303. The first kappa shape index (κ1) is 10.2. The number of carbonyl (C=O) groups is 2. The van der Waals surface area contributed by atoms with Gasteiger partial charge in [0.15, 0.2) is 6.61 Å². The first-order chi connectivity index (χ1) is 6.74. The number of hydrogen-bond donors (Lipinski definition) is 2. The van der Waals surface area contributed by atoms with Crippen molar-refractivity contribution in [3.05, 3.63) is 35.9 Å². The number of esters is 1. The molecule has 0 atom stereocenters. The molecule has 3 N–H and O–H groups in total. The van der Waals surface area contributed by atoms with Gasteiger partial charge in [-0.3, -0.25) is 10.2 Å². The van der Waals surface area contributed by atoms with Crippen molar-refractivity contribution in [3.8, 4) is 0 Å². The van der Waals surface area contributed by atoms with Crippen molar-refractivity contribution in [2.75, 3.05) is 6.61 Å². The third-order valence-electron chi connectivity index (χ3n) is 1.50. The number of benzene rings is 1. The van der Waals surface area contributed by atoms with Gasteiger partial charge in [-0.1, -0.05) is 18.2 Å². The van der Waals surface area contributed by atoms with Crippen molar-refractivity contribution in [3.63, 3.8) is 0 Å². The van der Waals surface area contributed by atoms with Crippen LogP contribution in [0.4, 0.5) is 0 Å². The largest absolute Gasteiger partial charge is 0.452 e. The van der Waals surface area contributed by atoms with E-state index >= 15 is 0 Å². The van der Waals surface area contributed by atoms with Crippen LogP contribution in [-0.2, 0) is 9.53 Å². The molecule has 74 valence electrons. The van der Waals surface area contributed by atoms with E-state index in [1.54, 1.807) is 30.3 Å². The van der Waals surface area contributed by atoms with E-state index in [1.165, 1.54) is 0 Å². The van der Waals surface area contributed by atoms with Gasteiger partial charge in [0.1, 0.15) is 0 Å². The summed E-state index contributed by atoms with van der Waals surface area (Å²) < 4.78 is 4.65. The van der Waals surface area contributed by atoms with Crippen molar-refractivity contribution >= 4 is 11.9 Å². The van der Waals surface area contributed by atoms with Crippen molar-refractivity contribution in [2.24, 2.45) is 5.84 Å². The molecule has 1 rings (SSSR count). The van der Waals surface area contributed by atoms with Crippen LogP contribution in [0.25, 0.3) is 0 Å². The third-order valence-corrected chi connectivity index (χ3v) is 1.50. The Morgan fingerprint density at radius 1 is 1.29 bits per heavy atom. The number of nitrogens with one attached hydrogen (secondary N) is 1. The van der Waals surface area contributed by atoms with Crippen molar-refractivity contribution in [1.82, 2.24) is 5.43 Å². The molecule has 1 aromatic carbocycles. The molecule has 0 spiro atoms. The molecule has 1 amide bonds. The lowest BCUT2D eigenvalue weighted by molar-refractivity contribution is -0.124. The zero-order valence-corrected chi connectivity index (χ0v) is 7.40. The molecule has 0 aliphatic rings. The Morgan fingerprint density at radius 3 is 2.50 bits per heavy atom. The maximum Gasteiger partial charge on any atom is 0.338 e. The lowest BCUT2D eigenvalue weighted by Crippen LogP contribution is -2.34. The molecule has 1 aromatic rings. The lowest BCUT2D eigenvalue weighted by atomic mass is 10.2. The van der Waals surface area contributed by atoms with E-state index in [1.807, 2.05) is 5.43 Å². The molecular formula is C9H10N2O3. The number of hydrogen-bond acceptors (Lipinski definition) is 4. The van der Waals surface area contributed by atoms with Crippen LogP contribution in [0.15, 0.2) is 30.3 Å². The SMILES string of the molecule is NNC(=O)COC(=O)c1ccccc1. The van der Waals surface area contributed by atoms with Gasteiger partial charge in [0, 0.05) is 0 Å². The summed E-state index contributed by atoms with van der Waals surface area (Å²) in [4.78, 5) is 21.9. The van der Waals surface area contributed by atoms with Crippen LogP contribution in [0, 0.1) is 0 Å². The summed E-state index contributed by atoms with van der Waals surface area (Å²) >= 11 is 0. The average Bonchev–Trinajstić information content (AvgIpc) is 2.26. The molecule has 0 aromatic heterocycles. The van der Waals surface area contributed by atoms with E-state index in [0.717, 1.165) is 0 Å². The van der Waals surface area contributed by atoms with Crippen LogP contribution >= 0.6 is 0 Å². The monoisotopic (exact) mass is 194 g/mol. The predicted molar refractivity (Wildman–Crippen MR) is 49.1 cm³/mol. The molecule has 0 radical (unpaired) electrons. The van der Waals surface area contributed by atoms with E-state index in [0.29, 0.717) is 5.56 Å². The van der Waals surface area contributed by atoms with Gasteiger partial charge in [0.05, 0.1) is 5.56 Å². The highest BCUT2D eigenvalue weighted by molar-refractivity contribution is 5.91. The minimum absolute atomic E-state index is 0.371. The van der Waals surface area contributed by atoms with Crippen molar-refractivity contribution in [1.29, 1.82) is 0 Å². The Hall–Kier alpha value is -1.88. The van der Waals surface area contributed by atoms with E-state index in [-0.39, 0.29) is 6.61 Å². The summed E-state index contributed by atoms with van der Waals surface area (Å²) in [5, 5.41) is 0. The van der Waals surface area contributed by atoms with Gasteiger partial charge in [-0.05, 0) is 12.1 Å². The highest BCUT2D eigenvalue weighted by Gasteiger charge is 2.07. The van der Waals surface area contributed by atoms with E-state index in [9.17, 15) is 9.59 Å². The summed E-state index contributed by atoms with van der Waals surface area (Å²) in [7, 11) is 0. The van der Waals surface area contributed by atoms with Crippen LogP contribution in [-0.4, -0.2) is 18.5 Å². The van der Waals surface area contributed by atoms with Gasteiger partial charge in [0.2, 0.25) is 0 Å². The fourth-order valence-electron chi connectivity index (χ4n) is 0.830. The van der Waals surface area contributed by atoms with Crippen LogP contribution < -0.4 is 11.3 Å². The first-order valence-corrected chi connectivity index (χ1v) is 3.95. The maximum absolute atomic E-state index is 11.2. The highest BCUT2D eigenvalue weighted by Crippen LogP contribution is 2.00. The topological polar surface area (TPSA) is 81.4 Å². The number of rotatable bonds is 3. The van der Waals surface area contributed by atoms with Gasteiger partial charge in [0.25, 0.3) is 5.91 Å². The highest BCUT2D eigenvalue weighted by atomic mass is 16.5. The zero-order valence-electron chi connectivity index (χ0n) is 7.40. The Bertz CT molecular complexity index is 324. The van der Waals surface area contributed by atoms with E-state index in [4.69, 9.17) is 5.84 Å². The van der Waals surface area contributed by atoms with Crippen LogP contribution in [0.3, 0.4) is 0 Å². The minimum Gasteiger partial charge on any atom is -0.452 e. The summed E-state index contributed by atoms with van der Waals surface area (Å²) in [6, 6.07) is 8.40. The van der Waals surface area contributed by atoms with Crippen molar-refractivity contribution < 1.29 is 14.3 Å². The summed E-state index contributed by atoms with van der Waals surface area (Å²) in [5.74, 6) is 3.71. The van der Waals surface area contributed by atoms with Gasteiger partial charge in [-0.2, -0.15) is 0 Å². The second kappa shape index (κ2) is 4.98. The van der Waals surface area contributed by atoms with E-state index < -0.39 is 11.9 Å². The summed E-state index contributed by atoms with van der Waals surface area (Å²) in [6.07, 6.45) is 0. The smallest absolute Gasteiger partial charge is 0.338 e. The minimum atomic E-state index is -0.547. The number of hydrazine groups is 1. The standard InChI is InChI=1S/C9H10N2O3/c10-11-8(12)6-14-9(13)7-4-2-1-3-5-7/h1-5H,6,10H2,(H,11,12). The number of carbonyl (C=O) groups excluding carboxylic acids is 2. The van der Waals surface area contributed by atoms with E-state index in [2.05, 4.69) is 4.74 Å². The molecule has 0 unspecified atom stereocenters. The molecule has 0 saturated heterocycles. The second-order valence-corrected chi connectivity index (χ2v) is 2.51. The first-order valence-electron chi connectivity index (χ1n) is 3.95. The molecule has 0 saturated carbocycles. The number of nitrogens with two attached hydrogens (primary N) is 1. The average molecular weight is 194 g/mol.